The Morgan fingerprint density at radius 2 is 1.97 bits per heavy atom. The van der Waals surface area contributed by atoms with Gasteiger partial charge in [0.25, 0.3) is 0 Å². The van der Waals surface area contributed by atoms with Crippen LogP contribution < -0.4 is 5.32 Å². The number of carbonyl (C=O) groups excluding carboxylic acids is 1. The van der Waals surface area contributed by atoms with E-state index in [1.165, 1.54) is 13.2 Å². The summed E-state index contributed by atoms with van der Waals surface area (Å²) in [4.78, 5) is 13.6. The summed E-state index contributed by atoms with van der Waals surface area (Å²) in [7, 11) is -6.01. The van der Waals surface area contributed by atoms with Crippen molar-refractivity contribution in [2.24, 2.45) is 0 Å². The van der Waals surface area contributed by atoms with Gasteiger partial charge in [-0.1, -0.05) is 6.92 Å². The lowest BCUT2D eigenvalue weighted by atomic mass is 9.90. The fourth-order valence-electron chi connectivity index (χ4n) is 3.83. The van der Waals surface area contributed by atoms with Crippen molar-refractivity contribution in [1.82, 2.24) is 5.32 Å². The zero-order chi connectivity index (χ0) is 24.3. The van der Waals surface area contributed by atoms with E-state index < -0.39 is 31.8 Å². The van der Waals surface area contributed by atoms with E-state index in [1.807, 2.05) is 0 Å². The van der Waals surface area contributed by atoms with Gasteiger partial charge in [-0.05, 0) is 50.8 Å². The average molecular weight is 487 g/mol. The summed E-state index contributed by atoms with van der Waals surface area (Å²) < 4.78 is 60.4. The Hall–Kier alpha value is -2.24. The van der Waals surface area contributed by atoms with Gasteiger partial charge in [-0.3, -0.25) is 4.79 Å². The Labute approximate surface area is 189 Å². The van der Waals surface area contributed by atoms with Crippen LogP contribution in [0.5, 0.6) is 0 Å². The van der Waals surface area contributed by atoms with E-state index in [0.29, 0.717) is 23.1 Å². The van der Waals surface area contributed by atoms with Crippen LogP contribution in [0.2, 0.25) is 0 Å². The molecule has 2 rings (SSSR count). The molecule has 1 aliphatic rings. The van der Waals surface area contributed by atoms with E-state index in [-0.39, 0.29) is 46.4 Å². The van der Waals surface area contributed by atoms with Crippen LogP contribution >= 0.6 is 0 Å². The number of fused-ring (bicyclic) bond motifs is 1. The molecule has 0 aromatic heterocycles. The van der Waals surface area contributed by atoms with Crippen LogP contribution in [-0.4, -0.2) is 54.0 Å². The number of carbonyl (C=O) groups is 1. The molecule has 1 aromatic carbocycles. The number of ether oxygens (including phenoxy) is 1. The molecule has 32 heavy (non-hydrogen) atoms. The van der Waals surface area contributed by atoms with Crippen LogP contribution in [0.3, 0.4) is 0 Å². The van der Waals surface area contributed by atoms with Gasteiger partial charge in [0, 0.05) is 31.0 Å². The summed E-state index contributed by atoms with van der Waals surface area (Å²) in [5.74, 6) is -1.27. The molecule has 1 atom stereocenters. The second-order valence-corrected chi connectivity index (χ2v) is 11.3. The van der Waals surface area contributed by atoms with Crippen molar-refractivity contribution in [2.75, 3.05) is 25.2 Å². The number of benzene rings is 1. The molecule has 178 valence electrons. The Morgan fingerprint density at radius 1 is 1.31 bits per heavy atom. The zero-order valence-corrected chi connectivity index (χ0v) is 20.6. The van der Waals surface area contributed by atoms with E-state index in [2.05, 4.69) is 5.32 Å². The van der Waals surface area contributed by atoms with Crippen LogP contribution in [0.15, 0.2) is 22.4 Å². The third kappa shape index (κ3) is 5.21. The number of Topliss-reactive ketones (excluding diaryl/α,β-unsaturated/α-hetero) is 1. The van der Waals surface area contributed by atoms with Crippen LogP contribution in [0.1, 0.15) is 59.8 Å². The minimum atomic E-state index is -3.96. The Kier molecular flexibility index (Phi) is 8.24. The zero-order valence-electron chi connectivity index (χ0n) is 18.9. The first-order valence-electron chi connectivity index (χ1n) is 10.3. The number of ketones is 1. The first-order chi connectivity index (χ1) is 14.9. The Bertz CT molecular complexity index is 1150. The lowest BCUT2D eigenvalue weighted by Gasteiger charge is -2.28. The summed E-state index contributed by atoms with van der Waals surface area (Å²) >= 11 is 0. The third-order valence-electron chi connectivity index (χ3n) is 5.22. The number of hydrogen-bond acceptors (Lipinski definition) is 9. The maximum atomic E-state index is 13.4. The smallest absolute Gasteiger partial charge is 0.310 e. The van der Waals surface area contributed by atoms with Crippen molar-refractivity contribution in [1.29, 1.82) is 5.41 Å². The average Bonchev–Trinajstić information content (AvgIpc) is 2.70. The molecule has 0 spiro atoms. The lowest BCUT2D eigenvalue weighted by molar-refractivity contribution is 0.0951. The highest BCUT2D eigenvalue weighted by atomic mass is 32.2. The molecular formula is C21H30N2O7S2. The highest BCUT2D eigenvalue weighted by molar-refractivity contribution is 7.91. The highest BCUT2D eigenvalue weighted by Gasteiger charge is 2.35. The number of methoxy groups -OCH3 is 1. The van der Waals surface area contributed by atoms with Crippen molar-refractivity contribution in [3.05, 3.63) is 39.8 Å². The van der Waals surface area contributed by atoms with E-state index in [4.69, 9.17) is 14.3 Å². The third-order valence-corrected chi connectivity index (χ3v) is 8.48. The van der Waals surface area contributed by atoms with Crippen molar-refractivity contribution in [3.8, 4) is 0 Å². The molecule has 1 aromatic rings. The van der Waals surface area contributed by atoms with Gasteiger partial charge in [-0.25, -0.2) is 8.42 Å². The monoisotopic (exact) mass is 486 g/mol. The molecular weight excluding hydrogens is 456 g/mol. The first kappa shape index (κ1) is 26.0. The van der Waals surface area contributed by atoms with Crippen LogP contribution in [0.4, 0.5) is 0 Å². The molecule has 11 heteroatoms. The van der Waals surface area contributed by atoms with Crippen molar-refractivity contribution >= 4 is 32.0 Å². The lowest BCUT2D eigenvalue weighted by Crippen LogP contribution is -2.27. The van der Waals surface area contributed by atoms with Gasteiger partial charge in [0.1, 0.15) is 5.57 Å². The number of aryl methyl sites for hydroxylation is 1. The fraction of sp³-hybridized carbons (Fsp3) is 0.524. The largest absolute Gasteiger partial charge is 0.377 e. The second kappa shape index (κ2) is 10.1. The molecule has 9 nitrogen and oxygen atoms in total. The number of rotatable bonds is 10. The van der Waals surface area contributed by atoms with Crippen LogP contribution in [-0.2, 0) is 28.9 Å². The summed E-state index contributed by atoms with van der Waals surface area (Å²) in [5, 5.41) is 10.5. The summed E-state index contributed by atoms with van der Waals surface area (Å²) in [5.41, 5.74) is 1.12. The van der Waals surface area contributed by atoms with Gasteiger partial charge in [-0.2, -0.15) is 8.42 Å². The quantitative estimate of drug-likeness (QED) is 0.169. The number of hydrogen-bond donors (Lipinski definition) is 2. The predicted octanol–water partition coefficient (Wildman–Crippen LogP) is 2.58. The van der Waals surface area contributed by atoms with E-state index in [1.54, 1.807) is 27.7 Å². The van der Waals surface area contributed by atoms with Gasteiger partial charge in [0.2, 0.25) is 5.88 Å². The van der Waals surface area contributed by atoms with Crippen LogP contribution in [0.25, 0.3) is 0 Å². The maximum absolute atomic E-state index is 13.4. The number of nitrogens with one attached hydrogen (secondary N) is 2. The molecule has 1 heterocycles. The van der Waals surface area contributed by atoms with E-state index >= 15 is 0 Å². The van der Waals surface area contributed by atoms with Gasteiger partial charge in [0.15, 0.2) is 15.6 Å². The fourth-order valence-corrected chi connectivity index (χ4v) is 6.71. The Balaban J connectivity index is 2.73. The first-order valence-corrected chi connectivity index (χ1v) is 13.5. The number of sulfone groups is 1. The number of allylic oxidation sites excluding steroid dienone is 1. The summed E-state index contributed by atoms with van der Waals surface area (Å²) in [6.07, 6.45) is 0.825. The second-order valence-electron chi connectivity index (χ2n) is 7.53. The van der Waals surface area contributed by atoms with Gasteiger partial charge in [-0.15, -0.1) is 0 Å². The molecule has 0 radical (unpaired) electrons. The minimum Gasteiger partial charge on any atom is -0.377 e. The van der Waals surface area contributed by atoms with Crippen molar-refractivity contribution in [2.45, 2.75) is 51.5 Å². The molecule has 1 aliphatic heterocycles. The molecule has 2 N–H and O–H groups in total. The SMILES string of the molecule is CCCS(=O)(=O)O/C(NCC)=C(\C=N)C(=O)c1cc(C)c2c(c1C)C(OC)CCS2(=O)=O. The minimum absolute atomic E-state index is 0.0502. The molecule has 0 saturated heterocycles. The normalized spacial score (nSPS) is 18.3. The predicted molar refractivity (Wildman–Crippen MR) is 121 cm³/mol. The van der Waals surface area contributed by atoms with E-state index in [0.717, 1.165) is 6.21 Å². The molecule has 0 bridgehead atoms. The molecule has 0 amide bonds. The van der Waals surface area contributed by atoms with Gasteiger partial charge in [0.05, 0.1) is 22.5 Å². The molecule has 0 saturated carbocycles. The maximum Gasteiger partial charge on any atom is 0.310 e. The Morgan fingerprint density at radius 3 is 2.50 bits per heavy atom. The summed E-state index contributed by atoms with van der Waals surface area (Å²) in [6, 6.07) is 1.46. The van der Waals surface area contributed by atoms with E-state index in [9.17, 15) is 21.6 Å². The summed E-state index contributed by atoms with van der Waals surface area (Å²) in [6.45, 7) is 6.87. The topological polar surface area (TPSA) is 140 Å². The molecule has 0 aliphatic carbocycles. The molecule has 1 unspecified atom stereocenters. The standard InChI is InChI=1S/C21H30N2O7S2/c1-6-9-32(27,28)30-21(23-7-2)16(12-22)19(24)15-11-13(3)20-18(14(15)4)17(29-5)8-10-31(20,25)26/h11-12,17,22-23H,6-10H2,1-5H3/b21-16+,22-12?. The van der Waals surface area contributed by atoms with Gasteiger partial charge >= 0.3 is 10.1 Å². The van der Waals surface area contributed by atoms with Gasteiger partial charge < -0.3 is 19.6 Å². The van der Waals surface area contributed by atoms with Crippen molar-refractivity contribution in [3.63, 3.8) is 0 Å². The van der Waals surface area contributed by atoms with Crippen molar-refractivity contribution < 1.29 is 30.6 Å². The molecule has 0 fully saturated rings. The van der Waals surface area contributed by atoms with Crippen LogP contribution in [0, 0.1) is 19.3 Å². The highest BCUT2D eigenvalue weighted by Crippen LogP contribution is 2.40.